The molecule has 1 atom stereocenters. The molecule has 0 bridgehead atoms. The van der Waals surface area contributed by atoms with Gasteiger partial charge >= 0.3 is 0 Å². The van der Waals surface area contributed by atoms with Crippen molar-refractivity contribution in [2.75, 3.05) is 19.8 Å². The second-order valence-corrected chi connectivity index (χ2v) is 4.70. The number of aliphatic hydroxyl groups excluding tert-OH is 1. The average molecular weight is 221 g/mol. The van der Waals surface area contributed by atoms with E-state index in [1.165, 1.54) is 11.1 Å². The smallest absolute Gasteiger partial charge is 0.0803 e. The van der Waals surface area contributed by atoms with E-state index >= 15 is 0 Å². The van der Waals surface area contributed by atoms with Gasteiger partial charge in [0.25, 0.3) is 0 Å². The molecule has 0 saturated carbocycles. The number of rotatable bonds is 3. The molecule has 0 spiro atoms. The van der Waals surface area contributed by atoms with E-state index in [0.717, 1.165) is 5.56 Å². The highest BCUT2D eigenvalue weighted by atomic mass is 16.5. The lowest BCUT2D eigenvalue weighted by atomic mass is 9.73. The Hall–Kier alpha value is -0.900. The molecule has 16 heavy (non-hydrogen) atoms. The highest BCUT2D eigenvalue weighted by Gasteiger charge is 2.46. The van der Waals surface area contributed by atoms with Gasteiger partial charge in [-0.25, -0.2) is 0 Å². The number of hydrogen-bond acceptors (Lipinski definition) is 3. The van der Waals surface area contributed by atoms with Gasteiger partial charge in [-0.3, -0.25) is 0 Å². The molecule has 1 saturated heterocycles. The van der Waals surface area contributed by atoms with Crippen LogP contribution in [0, 0.1) is 13.8 Å². The third kappa shape index (κ3) is 1.65. The normalized spacial score (nSPS) is 20.2. The van der Waals surface area contributed by atoms with Crippen LogP contribution in [0.5, 0.6) is 0 Å². The van der Waals surface area contributed by atoms with Crippen molar-refractivity contribution in [3.8, 4) is 0 Å². The molecular formula is C13H19NO2. The Labute approximate surface area is 96.2 Å². The maximum atomic E-state index is 10.0. The van der Waals surface area contributed by atoms with E-state index in [0.29, 0.717) is 13.2 Å². The number of hydrogen-bond donors (Lipinski definition) is 2. The Morgan fingerprint density at radius 3 is 2.50 bits per heavy atom. The van der Waals surface area contributed by atoms with E-state index in [9.17, 15) is 5.11 Å². The van der Waals surface area contributed by atoms with Crippen molar-refractivity contribution in [1.29, 1.82) is 0 Å². The molecule has 88 valence electrons. The van der Waals surface area contributed by atoms with Crippen molar-refractivity contribution in [2.24, 2.45) is 5.73 Å². The predicted octanol–water partition coefficient (Wildman–Crippen LogP) is 0.891. The zero-order valence-electron chi connectivity index (χ0n) is 9.86. The molecular weight excluding hydrogens is 202 g/mol. The molecule has 0 aliphatic carbocycles. The molecule has 1 fully saturated rings. The molecule has 0 aromatic heterocycles. The Bertz CT molecular complexity index is 386. The number of aryl methyl sites for hydroxylation is 2. The topological polar surface area (TPSA) is 55.5 Å². The Balaban J connectivity index is 2.37. The van der Waals surface area contributed by atoms with Crippen molar-refractivity contribution in [2.45, 2.75) is 25.4 Å². The van der Waals surface area contributed by atoms with E-state index in [4.69, 9.17) is 10.5 Å². The molecule has 1 aliphatic heterocycles. The van der Waals surface area contributed by atoms with Crippen LogP contribution in [0.3, 0.4) is 0 Å². The number of nitrogens with two attached hydrogens (primary N) is 1. The summed E-state index contributed by atoms with van der Waals surface area (Å²) in [6.45, 7) is 5.57. The van der Waals surface area contributed by atoms with E-state index < -0.39 is 6.10 Å². The van der Waals surface area contributed by atoms with Crippen LogP contribution in [0.4, 0.5) is 0 Å². The molecule has 1 aromatic rings. The van der Waals surface area contributed by atoms with Crippen LogP contribution in [-0.4, -0.2) is 31.0 Å². The van der Waals surface area contributed by atoms with Crippen molar-refractivity contribution in [3.63, 3.8) is 0 Å². The van der Waals surface area contributed by atoms with Gasteiger partial charge in [-0.15, -0.1) is 0 Å². The quantitative estimate of drug-likeness (QED) is 0.797. The van der Waals surface area contributed by atoms with Gasteiger partial charge in [0.2, 0.25) is 0 Å². The van der Waals surface area contributed by atoms with Gasteiger partial charge in [0.05, 0.1) is 24.7 Å². The molecule has 3 nitrogen and oxygen atoms in total. The summed E-state index contributed by atoms with van der Waals surface area (Å²) >= 11 is 0. The Morgan fingerprint density at radius 1 is 1.38 bits per heavy atom. The second kappa shape index (κ2) is 4.17. The first-order chi connectivity index (χ1) is 7.60. The van der Waals surface area contributed by atoms with Gasteiger partial charge in [0.1, 0.15) is 0 Å². The first kappa shape index (κ1) is 11.6. The fourth-order valence-corrected chi connectivity index (χ4v) is 2.15. The summed E-state index contributed by atoms with van der Waals surface area (Å²) in [4.78, 5) is 0. The van der Waals surface area contributed by atoms with Crippen LogP contribution >= 0.6 is 0 Å². The van der Waals surface area contributed by atoms with Crippen LogP contribution in [-0.2, 0) is 10.2 Å². The number of benzene rings is 1. The van der Waals surface area contributed by atoms with Gasteiger partial charge < -0.3 is 15.6 Å². The summed E-state index contributed by atoms with van der Waals surface area (Å²) in [6.07, 6.45) is -0.525. The summed E-state index contributed by atoms with van der Waals surface area (Å²) < 4.78 is 5.27. The molecule has 1 aliphatic rings. The fraction of sp³-hybridized carbons (Fsp3) is 0.538. The van der Waals surface area contributed by atoms with Gasteiger partial charge in [-0.2, -0.15) is 0 Å². The molecule has 2 rings (SSSR count). The third-order valence-corrected chi connectivity index (χ3v) is 3.66. The lowest BCUT2D eigenvalue weighted by molar-refractivity contribution is -0.116. The summed E-state index contributed by atoms with van der Waals surface area (Å²) in [6, 6.07) is 6.30. The van der Waals surface area contributed by atoms with Crippen LogP contribution in [0.15, 0.2) is 18.2 Å². The van der Waals surface area contributed by atoms with Gasteiger partial charge in [0, 0.05) is 6.54 Å². The molecule has 3 heteroatoms. The first-order valence-electron chi connectivity index (χ1n) is 5.64. The lowest BCUT2D eigenvalue weighted by Crippen LogP contribution is -2.57. The second-order valence-electron chi connectivity index (χ2n) is 4.70. The average Bonchev–Trinajstić information content (AvgIpc) is 2.21. The zero-order valence-corrected chi connectivity index (χ0v) is 9.86. The largest absolute Gasteiger partial charge is 0.391 e. The van der Waals surface area contributed by atoms with Crippen molar-refractivity contribution in [1.82, 2.24) is 0 Å². The maximum absolute atomic E-state index is 10.0. The first-order valence-corrected chi connectivity index (χ1v) is 5.64. The number of aliphatic hydroxyl groups is 1. The standard InChI is InChI=1S/C13H19NO2/c1-9-3-4-11(5-10(9)2)13(7-16-8-13)12(15)6-14/h3-5,12,15H,6-8,14H2,1-2H3. The Kier molecular flexibility index (Phi) is 3.02. The molecule has 3 N–H and O–H groups in total. The SMILES string of the molecule is Cc1ccc(C2(C(O)CN)COC2)cc1C. The van der Waals surface area contributed by atoms with E-state index in [-0.39, 0.29) is 12.0 Å². The van der Waals surface area contributed by atoms with E-state index in [2.05, 4.69) is 32.0 Å². The maximum Gasteiger partial charge on any atom is 0.0803 e. The zero-order chi connectivity index (χ0) is 11.8. The van der Waals surface area contributed by atoms with Crippen LogP contribution in [0.2, 0.25) is 0 Å². The lowest BCUT2D eigenvalue weighted by Gasteiger charge is -2.45. The van der Waals surface area contributed by atoms with Gasteiger partial charge in [0.15, 0.2) is 0 Å². The van der Waals surface area contributed by atoms with Crippen molar-refractivity contribution in [3.05, 3.63) is 34.9 Å². The number of ether oxygens (including phenoxy) is 1. The fourth-order valence-electron chi connectivity index (χ4n) is 2.15. The highest BCUT2D eigenvalue weighted by Crippen LogP contribution is 2.36. The summed E-state index contributed by atoms with van der Waals surface area (Å²) in [5, 5.41) is 10.0. The summed E-state index contributed by atoms with van der Waals surface area (Å²) in [5.74, 6) is 0. The minimum atomic E-state index is -0.525. The van der Waals surface area contributed by atoms with Crippen LogP contribution < -0.4 is 5.73 Å². The highest BCUT2D eigenvalue weighted by molar-refractivity contribution is 5.37. The molecule has 1 heterocycles. The minimum Gasteiger partial charge on any atom is -0.391 e. The summed E-state index contributed by atoms with van der Waals surface area (Å²) in [7, 11) is 0. The van der Waals surface area contributed by atoms with Crippen molar-refractivity contribution < 1.29 is 9.84 Å². The summed E-state index contributed by atoms with van der Waals surface area (Å²) in [5.41, 5.74) is 8.93. The molecule has 0 amide bonds. The predicted molar refractivity (Wildman–Crippen MR) is 63.5 cm³/mol. The molecule has 0 radical (unpaired) electrons. The van der Waals surface area contributed by atoms with Crippen LogP contribution in [0.25, 0.3) is 0 Å². The third-order valence-electron chi connectivity index (χ3n) is 3.66. The monoisotopic (exact) mass is 221 g/mol. The van der Waals surface area contributed by atoms with E-state index in [1.54, 1.807) is 0 Å². The van der Waals surface area contributed by atoms with Gasteiger partial charge in [-0.05, 0) is 30.5 Å². The van der Waals surface area contributed by atoms with Crippen LogP contribution in [0.1, 0.15) is 16.7 Å². The van der Waals surface area contributed by atoms with E-state index in [1.807, 2.05) is 0 Å². The molecule has 1 aromatic carbocycles. The van der Waals surface area contributed by atoms with Crippen molar-refractivity contribution >= 4 is 0 Å². The minimum absolute atomic E-state index is 0.274. The van der Waals surface area contributed by atoms with Gasteiger partial charge in [-0.1, -0.05) is 18.2 Å². The molecule has 1 unspecified atom stereocenters. The Morgan fingerprint density at radius 2 is 2.06 bits per heavy atom.